The van der Waals surface area contributed by atoms with Gasteiger partial charge in [0.15, 0.2) is 0 Å². The summed E-state index contributed by atoms with van der Waals surface area (Å²) in [6.07, 6.45) is 3.66. The number of amides is 1. The molecule has 1 saturated carbocycles. The lowest BCUT2D eigenvalue weighted by atomic mass is 9.63. The second kappa shape index (κ2) is 6.03. The fourth-order valence-corrected chi connectivity index (χ4v) is 4.08. The van der Waals surface area contributed by atoms with Crippen LogP contribution in [0, 0.1) is 0 Å². The lowest BCUT2D eigenvalue weighted by Gasteiger charge is -2.45. The number of aromatic carboxylic acids is 1. The van der Waals surface area contributed by atoms with Gasteiger partial charge in [0.2, 0.25) is 5.91 Å². The van der Waals surface area contributed by atoms with Crippen molar-refractivity contribution < 1.29 is 14.7 Å². The molecule has 0 unspecified atom stereocenters. The van der Waals surface area contributed by atoms with Crippen LogP contribution in [-0.2, 0) is 23.2 Å². The molecule has 25 heavy (non-hydrogen) atoms. The van der Waals surface area contributed by atoms with Crippen molar-refractivity contribution in [2.75, 3.05) is 6.54 Å². The van der Waals surface area contributed by atoms with Gasteiger partial charge in [0.05, 0.1) is 11.0 Å². The molecule has 4 rings (SSSR count). The van der Waals surface area contributed by atoms with Crippen molar-refractivity contribution in [2.24, 2.45) is 0 Å². The first-order chi connectivity index (χ1) is 12.1. The van der Waals surface area contributed by atoms with Crippen LogP contribution >= 0.6 is 0 Å². The third-order valence-electron chi connectivity index (χ3n) is 5.70. The molecule has 2 aliphatic rings. The van der Waals surface area contributed by atoms with Gasteiger partial charge in [-0.1, -0.05) is 42.8 Å². The topological polar surface area (TPSA) is 57.6 Å². The summed E-state index contributed by atoms with van der Waals surface area (Å²) >= 11 is 0. The molecule has 0 aromatic heterocycles. The normalized spacial score (nSPS) is 18.2. The predicted octanol–water partition coefficient (Wildman–Crippen LogP) is 3.39. The van der Waals surface area contributed by atoms with Crippen LogP contribution in [0.2, 0.25) is 0 Å². The number of carboxylic acids is 1. The summed E-state index contributed by atoms with van der Waals surface area (Å²) in [5, 5.41) is 9.21. The zero-order valence-corrected chi connectivity index (χ0v) is 14.1. The highest BCUT2D eigenvalue weighted by Gasteiger charge is 2.47. The number of nitrogens with zero attached hydrogens (tertiary/aromatic N) is 1. The molecule has 1 N–H and O–H groups in total. The number of carboxylic acid groups (broad SMARTS) is 1. The van der Waals surface area contributed by atoms with Crippen LogP contribution in [-0.4, -0.2) is 28.4 Å². The molecule has 0 radical (unpaired) electrons. The molecule has 2 aromatic carbocycles. The summed E-state index contributed by atoms with van der Waals surface area (Å²) < 4.78 is 0. The smallest absolute Gasteiger partial charge is 0.335 e. The van der Waals surface area contributed by atoms with Crippen LogP contribution in [0.1, 0.15) is 46.3 Å². The van der Waals surface area contributed by atoms with Gasteiger partial charge < -0.3 is 10.0 Å². The van der Waals surface area contributed by atoms with E-state index in [1.165, 1.54) is 0 Å². The van der Waals surface area contributed by atoms with E-state index in [4.69, 9.17) is 0 Å². The summed E-state index contributed by atoms with van der Waals surface area (Å²) in [6, 6.07) is 15.3. The molecule has 0 spiro atoms. The van der Waals surface area contributed by atoms with Crippen LogP contribution in [0.15, 0.2) is 48.5 Å². The van der Waals surface area contributed by atoms with Gasteiger partial charge >= 0.3 is 5.97 Å². The molecule has 0 saturated heterocycles. The lowest BCUT2D eigenvalue weighted by Crippen LogP contribution is -2.52. The number of hydrogen-bond donors (Lipinski definition) is 1. The Morgan fingerprint density at radius 3 is 2.40 bits per heavy atom. The Balaban J connectivity index is 1.61. The molecule has 1 heterocycles. The van der Waals surface area contributed by atoms with Crippen LogP contribution in [0.4, 0.5) is 0 Å². The monoisotopic (exact) mass is 335 g/mol. The Morgan fingerprint density at radius 2 is 1.76 bits per heavy atom. The van der Waals surface area contributed by atoms with E-state index in [-0.39, 0.29) is 16.9 Å². The standard InChI is InChI=1S/C21H21NO3/c23-19(24)16-8-7-15-9-12-22(14-17(15)13-16)20(25)21(10-4-11-21)18-5-2-1-3-6-18/h1-3,5-8,13H,4,9-12,14H2,(H,23,24). The summed E-state index contributed by atoms with van der Waals surface area (Å²) in [5.74, 6) is -0.734. The highest BCUT2D eigenvalue weighted by atomic mass is 16.4. The van der Waals surface area contributed by atoms with Crippen LogP contribution in [0.5, 0.6) is 0 Å². The molecular weight excluding hydrogens is 314 g/mol. The van der Waals surface area contributed by atoms with E-state index < -0.39 is 5.97 Å². The van der Waals surface area contributed by atoms with E-state index in [0.717, 1.165) is 42.4 Å². The fourth-order valence-electron chi connectivity index (χ4n) is 4.08. The zero-order valence-electron chi connectivity index (χ0n) is 14.1. The van der Waals surface area contributed by atoms with E-state index in [0.29, 0.717) is 13.1 Å². The van der Waals surface area contributed by atoms with Crippen molar-refractivity contribution in [3.05, 3.63) is 70.8 Å². The van der Waals surface area contributed by atoms with E-state index >= 15 is 0 Å². The maximum absolute atomic E-state index is 13.3. The summed E-state index contributed by atoms with van der Waals surface area (Å²) in [6.45, 7) is 1.21. The van der Waals surface area contributed by atoms with E-state index in [9.17, 15) is 14.7 Å². The van der Waals surface area contributed by atoms with Gasteiger partial charge in [0.25, 0.3) is 0 Å². The lowest BCUT2D eigenvalue weighted by molar-refractivity contribution is -0.142. The van der Waals surface area contributed by atoms with Gasteiger partial charge in [0, 0.05) is 13.1 Å². The molecule has 2 aromatic rings. The van der Waals surface area contributed by atoms with Crippen molar-refractivity contribution in [1.29, 1.82) is 0 Å². The highest BCUT2D eigenvalue weighted by molar-refractivity contribution is 5.90. The van der Waals surface area contributed by atoms with Gasteiger partial charge in [-0.05, 0) is 48.1 Å². The number of rotatable bonds is 3. The number of carbonyl (C=O) groups excluding carboxylic acids is 1. The maximum Gasteiger partial charge on any atom is 0.335 e. The zero-order chi connectivity index (χ0) is 17.4. The number of fused-ring (bicyclic) bond motifs is 1. The Hall–Kier alpha value is -2.62. The van der Waals surface area contributed by atoms with Crippen molar-refractivity contribution >= 4 is 11.9 Å². The summed E-state index contributed by atoms with van der Waals surface area (Å²) in [5.41, 5.74) is 3.12. The van der Waals surface area contributed by atoms with Crippen molar-refractivity contribution in [2.45, 2.75) is 37.6 Å². The fraction of sp³-hybridized carbons (Fsp3) is 0.333. The Labute approximate surface area is 147 Å². The molecule has 1 aliphatic heterocycles. The predicted molar refractivity (Wildman–Crippen MR) is 94.5 cm³/mol. The van der Waals surface area contributed by atoms with Crippen LogP contribution in [0.3, 0.4) is 0 Å². The average molecular weight is 335 g/mol. The van der Waals surface area contributed by atoms with Gasteiger partial charge in [-0.25, -0.2) is 4.79 Å². The Bertz CT molecular complexity index is 824. The third kappa shape index (κ3) is 2.62. The molecule has 1 amide bonds. The molecule has 128 valence electrons. The van der Waals surface area contributed by atoms with Gasteiger partial charge in [-0.2, -0.15) is 0 Å². The second-order valence-electron chi connectivity index (χ2n) is 7.07. The van der Waals surface area contributed by atoms with Crippen molar-refractivity contribution in [3.63, 3.8) is 0 Å². The molecular formula is C21H21NO3. The highest BCUT2D eigenvalue weighted by Crippen LogP contribution is 2.45. The van der Waals surface area contributed by atoms with Crippen LogP contribution < -0.4 is 0 Å². The minimum Gasteiger partial charge on any atom is -0.478 e. The molecule has 1 aliphatic carbocycles. The van der Waals surface area contributed by atoms with E-state index in [1.54, 1.807) is 12.1 Å². The maximum atomic E-state index is 13.3. The number of carbonyl (C=O) groups is 2. The van der Waals surface area contributed by atoms with Gasteiger partial charge in [-0.3, -0.25) is 4.79 Å². The van der Waals surface area contributed by atoms with E-state index in [1.807, 2.05) is 29.2 Å². The Kier molecular flexibility index (Phi) is 3.83. The Morgan fingerprint density at radius 1 is 1.00 bits per heavy atom. The van der Waals surface area contributed by atoms with Crippen LogP contribution in [0.25, 0.3) is 0 Å². The second-order valence-corrected chi connectivity index (χ2v) is 7.07. The molecule has 4 heteroatoms. The first-order valence-corrected chi connectivity index (χ1v) is 8.80. The average Bonchev–Trinajstić information content (AvgIpc) is 2.60. The minimum atomic E-state index is -0.925. The van der Waals surface area contributed by atoms with Crippen molar-refractivity contribution in [3.8, 4) is 0 Å². The molecule has 4 nitrogen and oxygen atoms in total. The van der Waals surface area contributed by atoms with Crippen molar-refractivity contribution in [1.82, 2.24) is 4.90 Å². The number of hydrogen-bond acceptors (Lipinski definition) is 2. The first-order valence-electron chi connectivity index (χ1n) is 8.80. The molecule has 1 fully saturated rings. The SMILES string of the molecule is O=C(O)c1ccc2c(c1)CN(C(=O)C1(c3ccccc3)CCC1)CC2. The third-order valence-corrected chi connectivity index (χ3v) is 5.70. The number of benzene rings is 2. The first kappa shape index (κ1) is 15.9. The largest absolute Gasteiger partial charge is 0.478 e. The summed E-state index contributed by atoms with van der Waals surface area (Å²) in [7, 11) is 0. The molecule has 0 atom stereocenters. The van der Waals surface area contributed by atoms with E-state index in [2.05, 4.69) is 12.1 Å². The van der Waals surface area contributed by atoms with Gasteiger partial charge in [0.1, 0.15) is 0 Å². The quantitative estimate of drug-likeness (QED) is 0.935. The minimum absolute atomic E-state index is 0.191. The summed E-state index contributed by atoms with van der Waals surface area (Å²) in [4.78, 5) is 26.5. The molecule has 0 bridgehead atoms. The van der Waals surface area contributed by atoms with Gasteiger partial charge in [-0.15, -0.1) is 0 Å².